The number of aromatic nitrogens is 4. The second-order valence-electron chi connectivity index (χ2n) is 4.28. The largest absolute Gasteiger partial charge is 0.271 e. The molecule has 1 unspecified atom stereocenters. The summed E-state index contributed by atoms with van der Waals surface area (Å²) in [6.45, 7) is 2.03. The van der Waals surface area contributed by atoms with E-state index < -0.39 is 0 Å². The minimum absolute atomic E-state index is 0.0983. The van der Waals surface area contributed by atoms with Crippen molar-refractivity contribution in [2.75, 3.05) is 0 Å². The fourth-order valence-electron chi connectivity index (χ4n) is 2.00. The van der Waals surface area contributed by atoms with Crippen LogP contribution < -0.4 is 11.3 Å². The lowest BCUT2D eigenvalue weighted by atomic mass is 10.1. The van der Waals surface area contributed by atoms with Crippen molar-refractivity contribution in [1.29, 1.82) is 0 Å². The lowest BCUT2D eigenvalue weighted by Crippen LogP contribution is -2.30. The van der Waals surface area contributed by atoms with Gasteiger partial charge in [-0.15, -0.1) is 0 Å². The number of rotatable bonds is 5. The lowest BCUT2D eigenvalue weighted by Gasteiger charge is -2.15. The van der Waals surface area contributed by atoms with Gasteiger partial charge in [-0.3, -0.25) is 16.0 Å². The average molecular weight is 281 g/mol. The monoisotopic (exact) mass is 280 g/mol. The molecule has 0 aliphatic carbocycles. The summed E-state index contributed by atoms with van der Waals surface area (Å²) in [6.07, 6.45) is 6.41. The van der Waals surface area contributed by atoms with Crippen LogP contribution in [0.3, 0.4) is 0 Å². The summed E-state index contributed by atoms with van der Waals surface area (Å²) < 4.78 is 1.80. The van der Waals surface area contributed by atoms with Crippen molar-refractivity contribution >= 4 is 11.6 Å². The van der Waals surface area contributed by atoms with E-state index in [-0.39, 0.29) is 6.04 Å². The van der Waals surface area contributed by atoms with Crippen LogP contribution >= 0.6 is 11.6 Å². The fourth-order valence-corrected chi connectivity index (χ4v) is 2.37. The van der Waals surface area contributed by atoms with E-state index in [2.05, 4.69) is 20.5 Å². The van der Waals surface area contributed by atoms with Crippen LogP contribution in [0.4, 0.5) is 0 Å². The van der Waals surface area contributed by atoms with E-state index >= 15 is 0 Å². The Balaban J connectivity index is 2.26. The highest BCUT2D eigenvalue weighted by molar-refractivity contribution is 6.31. The summed E-state index contributed by atoms with van der Waals surface area (Å²) in [6, 6.07) is -0.0983. The normalized spacial score (nSPS) is 12.6. The first kappa shape index (κ1) is 13.9. The molecule has 2 aromatic rings. The maximum absolute atomic E-state index is 6.34. The zero-order valence-electron chi connectivity index (χ0n) is 11.0. The predicted molar refractivity (Wildman–Crippen MR) is 73.4 cm³/mol. The number of aryl methyl sites for hydroxylation is 2. The zero-order valence-corrected chi connectivity index (χ0v) is 11.7. The third-order valence-electron chi connectivity index (χ3n) is 3.08. The molecule has 7 heteroatoms. The van der Waals surface area contributed by atoms with Crippen molar-refractivity contribution in [3.8, 4) is 0 Å². The maximum atomic E-state index is 6.34. The third-order valence-corrected chi connectivity index (χ3v) is 3.52. The standard InChI is InChI=1S/C12H17ClN6/c1-3-9-12(13)11(19(2)18-9)4-10(17-14)8-5-15-7-16-6-8/h5-7,10,17H,3-4,14H2,1-2H3. The Hall–Kier alpha value is -1.50. The van der Waals surface area contributed by atoms with Gasteiger partial charge >= 0.3 is 0 Å². The molecule has 1 atom stereocenters. The van der Waals surface area contributed by atoms with Crippen LogP contribution in [-0.2, 0) is 19.9 Å². The van der Waals surface area contributed by atoms with Crippen molar-refractivity contribution in [2.24, 2.45) is 12.9 Å². The third kappa shape index (κ3) is 2.91. The molecule has 0 aromatic carbocycles. The van der Waals surface area contributed by atoms with Gasteiger partial charge in [0.15, 0.2) is 0 Å². The van der Waals surface area contributed by atoms with Crippen LogP contribution in [0.2, 0.25) is 5.02 Å². The van der Waals surface area contributed by atoms with Crippen LogP contribution in [-0.4, -0.2) is 19.7 Å². The molecule has 2 heterocycles. The molecule has 0 amide bonds. The first-order chi connectivity index (χ1) is 9.17. The first-order valence-corrected chi connectivity index (χ1v) is 6.46. The van der Waals surface area contributed by atoms with Crippen molar-refractivity contribution in [2.45, 2.75) is 25.8 Å². The molecule has 3 N–H and O–H groups in total. The van der Waals surface area contributed by atoms with Crippen LogP contribution in [0.25, 0.3) is 0 Å². The van der Waals surface area contributed by atoms with E-state index in [4.69, 9.17) is 17.4 Å². The Morgan fingerprint density at radius 3 is 2.63 bits per heavy atom. The van der Waals surface area contributed by atoms with E-state index in [0.29, 0.717) is 11.4 Å². The van der Waals surface area contributed by atoms with Gasteiger partial charge < -0.3 is 0 Å². The van der Waals surface area contributed by atoms with Crippen LogP contribution in [0.1, 0.15) is 29.9 Å². The molecular weight excluding hydrogens is 264 g/mol. The molecule has 0 saturated carbocycles. The molecular formula is C12H17ClN6. The average Bonchev–Trinajstić information content (AvgIpc) is 2.72. The first-order valence-electron chi connectivity index (χ1n) is 6.08. The molecule has 2 aromatic heterocycles. The maximum Gasteiger partial charge on any atom is 0.115 e. The number of nitrogens with two attached hydrogens (primary N) is 1. The number of halogens is 1. The quantitative estimate of drug-likeness (QED) is 0.635. The van der Waals surface area contributed by atoms with Crippen molar-refractivity contribution in [3.63, 3.8) is 0 Å². The Labute approximate surface area is 117 Å². The van der Waals surface area contributed by atoms with Gasteiger partial charge in [-0.25, -0.2) is 9.97 Å². The van der Waals surface area contributed by atoms with Gasteiger partial charge in [0.05, 0.1) is 22.5 Å². The second kappa shape index (κ2) is 6.10. The molecule has 0 saturated heterocycles. The molecule has 102 valence electrons. The van der Waals surface area contributed by atoms with Crippen molar-refractivity contribution in [3.05, 3.63) is 40.7 Å². The zero-order chi connectivity index (χ0) is 13.8. The summed E-state index contributed by atoms with van der Waals surface area (Å²) in [7, 11) is 1.88. The van der Waals surface area contributed by atoms with Gasteiger partial charge in [-0.05, 0) is 6.42 Å². The number of hydrogen-bond donors (Lipinski definition) is 2. The Bertz CT molecular complexity index is 539. The summed E-state index contributed by atoms with van der Waals surface area (Å²) in [5, 5.41) is 5.10. The number of nitrogens with zero attached hydrogens (tertiary/aromatic N) is 4. The van der Waals surface area contributed by atoms with Gasteiger partial charge in [0.2, 0.25) is 0 Å². The number of hydrazine groups is 1. The van der Waals surface area contributed by atoms with Crippen LogP contribution in [0, 0.1) is 0 Å². The van der Waals surface area contributed by atoms with E-state index in [9.17, 15) is 0 Å². The van der Waals surface area contributed by atoms with Crippen molar-refractivity contribution < 1.29 is 0 Å². The Morgan fingerprint density at radius 1 is 1.42 bits per heavy atom. The highest BCUT2D eigenvalue weighted by atomic mass is 35.5. The summed E-state index contributed by atoms with van der Waals surface area (Å²) in [4.78, 5) is 8.00. The minimum atomic E-state index is -0.0983. The van der Waals surface area contributed by atoms with E-state index in [0.717, 1.165) is 23.4 Å². The van der Waals surface area contributed by atoms with E-state index in [1.165, 1.54) is 6.33 Å². The van der Waals surface area contributed by atoms with Crippen LogP contribution in [0.15, 0.2) is 18.7 Å². The molecule has 6 nitrogen and oxygen atoms in total. The Morgan fingerprint density at radius 2 is 2.11 bits per heavy atom. The van der Waals surface area contributed by atoms with Gasteiger partial charge in [0.25, 0.3) is 0 Å². The Kier molecular flexibility index (Phi) is 4.47. The minimum Gasteiger partial charge on any atom is -0.271 e. The van der Waals surface area contributed by atoms with E-state index in [1.54, 1.807) is 17.1 Å². The number of nitrogens with one attached hydrogen (secondary N) is 1. The fraction of sp³-hybridized carbons (Fsp3) is 0.417. The highest BCUT2D eigenvalue weighted by Crippen LogP contribution is 2.25. The van der Waals surface area contributed by atoms with Gasteiger partial charge in [0, 0.05) is 31.4 Å². The molecule has 0 aliphatic heterocycles. The lowest BCUT2D eigenvalue weighted by molar-refractivity contribution is 0.527. The number of hydrogen-bond acceptors (Lipinski definition) is 5. The molecule has 19 heavy (non-hydrogen) atoms. The second-order valence-corrected chi connectivity index (χ2v) is 4.66. The summed E-state index contributed by atoms with van der Waals surface area (Å²) in [5.41, 5.74) is 5.54. The topological polar surface area (TPSA) is 81.7 Å². The molecule has 0 bridgehead atoms. The van der Waals surface area contributed by atoms with Crippen LogP contribution in [0.5, 0.6) is 0 Å². The summed E-state index contributed by atoms with van der Waals surface area (Å²) >= 11 is 6.34. The van der Waals surface area contributed by atoms with Crippen molar-refractivity contribution in [1.82, 2.24) is 25.2 Å². The molecule has 0 aliphatic rings. The predicted octanol–water partition coefficient (Wildman–Crippen LogP) is 1.17. The van der Waals surface area contributed by atoms with Gasteiger partial charge in [0.1, 0.15) is 6.33 Å². The molecule has 2 rings (SSSR count). The molecule has 0 fully saturated rings. The molecule has 0 radical (unpaired) electrons. The smallest absolute Gasteiger partial charge is 0.115 e. The van der Waals surface area contributed by atoms with E-state index in [1.807, 2.05) is 14.0 Å². The highest BCUT2D eigenvalue weighted by Gasteiger charge is 2.18. The SMILES string of the molecule is CCc1nn(C)c(CC(NN)c2cncnc2)c1Cl. The summed E-state index contributed by atoms with van der Waals surface area (Å²) in [5.74, 6) is 5.61. The molecule has 0 spiro atoms. The van der Waals surface area contributed by atoms with Gasteiger partial charge in [-0.2, -0.15) is 5.10 Å². The van der Waals surface area contributed by atoms with Gasteiger partial charge in [-0.1, -0.05) is 18.5 Å².